The van der Waals surface area contributed by atoms with Crippen molar-refractivity contribution >= 4 is 21.8 Å². The lowest BCUT2D eigenvalue weighted by atomic mass is 10.2. The molecule has 1 aromatic heterocycles. The zero-order chi connectivity index (χ0) is 14.5. The smallest absolute Gasteiger partial charge is 0.170 e. The fourth-order valence-corrected chi connectivity index (χ4v) is 1.71. The van der Waals surface area contributed by atoms with Crippen LogP contribution in [0.25, 0.3) is 0 Å². The number of pyridine rings is 1. The van der Waals surface area contributed by atoms with E-state index in [4.69, 9.17) is 15.7 Å². The Morgan fingerprint density at radius 3 is 2.80 bits per heavy atom. The Bertz CT molecular complexity index is 632. The molecule has 0 bridgehead atoms. The lowest BCUT2D eigenvalue weighted by Crippen LogP contribution is -2.13. The minimum atomic E-state index is -0.591. The van der Waals surface area contributed by atoms with E-state index >= 15 is 0 Å². The maximum absolute atomic E-state index is 13.8. The van der Waals surface area contributed by atoms with Crippen molar-refractivity contribution in [2.24, 2.45) is 10.9 Å². The molecule has 5 nitrogen and oxygen atoms in total. The molecular formula is C13H11BrFN3O2. The number of nitrogens with zero attached hydrogens (tertiary/aromatic N) is 2. The van der Waals surface area contributed by atoms with Gasteiger partial charge in [-0.05, 0) is 46.3 Å². The number of hydrogen-bond acceptors (Lipinski definition) is 4. The van der Waals surface area contributed by atoms with E-state index in [1.165, 1.54) is 12.1 Å². The minimum Gasteiger partial charge on any atom is -0.484 e. The summed E-state index contributed by atoms with van der Waals surface area (Å²) < 4.78 is 20.0. The molecule has 1 aromatic carbocycles. The first-order valence-corrected chi connectivity index (χ1v) is 6.40. The standard InChI is InChI=1S/C13H11BrFN3O2/c14-9-2-3-10(17-6-9)7-20-12-4-1-8(5-11(12)15)13(16)18-19/h1-6,19H,7H2,(H2,16,18). The summed E-state index contributed by atoms with van der Waals surface area (Å²) in [7, 11) is 0. The lowest BCUT2D eigenvalue weighted by Gasteiger charge is -2.08. The molecule has 0 aliphatic heterocycles. The van der Waals surface area contributed by atoms with Gasteiger partial charge in [0.25, 0.3) is 0 Å². The zero-order valence-electron chi connectivity index (χ0n) is 10.3. The Morgan fingerprint density at radius 2 is 2.20 bits per heavy atom. The number of nitrogens with two attached hydrogens (primary N) is 1. The third-order valence-corrected chi connectivity index (χ3v) is 2.97. The van der Waals surface area contributed by atoms with Crippen molar-refractivity contribution in [3.05, 3.63) is 58.1 Å². The van der Waals surface area contributed by atoms with Gasteiger partial charge in [-0.15, -0.1) is 0 Å². The molecule has 0 aliphatic rings. The molecular weight excluding hydrogens is 329 g/mol. The Labute approximate surface area is 123 Å². The predicted octanol–water partition coefficient (Wildman–Crippen LogP) is 2.66. The van der Waals surface area contributed by atoms with Gasteiger partial charge in [0.05, 0.1) is 5.69 Å². The average molecular weight is 340 g/mol. The highest BCUT2D eigenvalue weighted by Gasteiger charge is 2.08. The normalized spacial score (nSPS) is 11.4. The third kappa shape index (κ3) is 3.45. The van der Waals surface area contributed by atoms with E-state index in [0.29, 0.717) is 5.69 Å². The summed E-state index contributed by atoms with van der Waals surface area (Å²) in [5.41, 5.74) is 6.32. The first-order chi connectivity index (χ1) is 9.60. The highest BCUT2D eigenvalue weighted by Crippen LogP contribution is 2.19. The van der Waals surface area contributed by atoms with Gasteiger partial charge >= 0.3 is 0 Å². The Morgan fingerprint density at radius 1 is 1.40 bits per heavy atom. The number of amidine groups is 1. The van der Waals surface area contributed by atoms with Crippen LogP contribution in [0.3, 0.4) is 0 Å². The van der Waals surface area contributed by atoms with Crippen molar-refractivity contribution < 1.29 is 14.3 Å². The van der Waals surface area contributed by atoms with Crippen molar-refractivity contribution in [2.45, 2.75) is 6.61 Å². The fourth-order valence-electron chi connectivity index (χ4n) is 1.48. The van der Waals surface area contributed by atoms with Crippen LogP contribution in [0.1, 0.15) is 11.3 Å². The van der Waals surface area contributed by atoms with Crippen LogP contribution in [0.4, 0.5) is 4.39 Å². The van der Waals surface area contributed by atoms with Gasteiger partial charge in [-0.2, -0.15) is 0 Å². The van der Waals surface area contributed by atoms with E-state index < -0.39 is 5.82 Å². The van der Waals surface area contributed by atoms with Gasteiger partial charge < -0.3 is 15.7 Å². The number of halogens is 2. The second kappa shape index (κ2) is 6.33. The van der Waals surface area contributed by atoms with E-state index in [1.807, 2.05) is 6.07 Å². The highest BCUT2D eigenvalue weighted by atomic mass is 79.9. The molecule has 3 N–H and O–H groups in total. The van der Waals surface area contributed by atoms with Crippen molar-refractivity contribution in [3.8, 4) is 5.75 Å². The molecule has 7 heteroatoms. The van der Waals surface area contributed by atoms with E-state index in [-0.39, 0.29) is 23.8 Å². The van der Waals surface area contributed by atoms with Gasteiger partial charge in [0.1, 0.15) is 6.61 Å². The summed E-state index contributed by atoms with van der Waals surface area (Å²) in [5.74, 6) is -0.680. The van der Waals surface area contributed by atoms with Gasteiger partial charge in [-0.25, -0.2) is 4.39 Å². The number of hydrogen-bond donors (Lipinski definition) is 2. The molecule has 0 radical (unpaired) electrons. The van der Waals surface area contributed by atoms with Gasteiger partial charge in [0, 0.05) is 16.2 Å². The summed E-state index contributed by atoms with van der Waals surface area (Å²) in [5, 5.41) is 11.3. The first kappa shape index (κ1) is 14.3. The van der Waals surface area contributed by atoms with Crippen LogP contribution in [0.5, 0.6) is 5.75 Å². The average Bonchev–Trinajstić information content (AvgIpc) is 2.46. The molecule has 104 valence electrons. The van der Waals surface area contributed by atoms with Crippen LogP contribution in [0.15, 0.2) is 46.2 Å². The second-order valence-corrected chi connectivity index (χ2v) is 4.80. The number of ether oxygens (including phenoxy) is 1. The number of oxime groups is 1. The summed E-state index contributed by atoms with van der Waals surface area (Å²) in [6.45, 7) is 0.146. The van der Waals surface area contributed by atoms with Gasteiger partial charge in [-0.1, -0.05) is 5.16 Å². The van der Waals surface area contributed by atoms with Gasteiger partial charge in [0.2, 0.25) is 0 Å². The Kier molecular flexibility index (Phi) is 4.52. The van der Waals surface area contributed by atoms with Gasteiger partial charge in [-0.3, -0.25) is 4.98 Å². The molecule has 0 fully saturated rings. The van der Waals surface area contributed by atoms with E-state index in [2.05, 4.69) is 26.1 Å². The molecule has 0 atom stereocenters. The summed E-state index contributed by atoms with van der Waals surface area (Å²) in [4.78, 5) is 4.12. The topological polar surface area (TPSA) is 80.7 Å². The lowest BCUT2D eigenvalue weighted by molar-refractivity contribution is 0.286. The van der Waals surface area contributed by atoms with E-state index in [0.717, 1.165) is 10.5 Å². The van der Waals surface area contributed by atoms with Crippen LogP contribution in [-0.2, 0) is 6.61 Å². The molecule has 0 saturated carbocycles. The number of aromatic nitrogens is 1. The first-order valence-electron chi connectivity index (χ1n) is 5.61. The predicted molar refractivity (Wildman–Crippen MR) is 75.2 cm³/mol. The maximum Gasteiger partial charge on any atom is 0.170 e. The fraction of sp³-hybridized carbons (Fsp3) is 0.0769. The van der Waals surface area contributed by atoms with Crippen molar-refractivity contribution in [1.82, 2.24) is 4.98 Å². The summed E-state index contributed by atoms with van der Waals surface area (Å²) >= 11 is 3.27. The van der Waals surface area contributed by atoms with Crippen LogP contribution in [0.2, 0.25) is 0 Å². The van der Waals surface area contributed by atoms with Crippen molar-refractivity contribution in [1.29, 1.82) is 0 Å². The zero-order valence-corrected chi connectivity index (χ0v) is 11.8. The minimum absolute atomic E-state index is 0.0733. The Balaban J connectivity index is 2.08. The van der Waals surface area contributed by atoms with Gasteiger partial charge in [0.15, 0.2) is 17.4 Å². The summed E-state index contributed by atoms with van der Waals surface area (Å²) in [6, 6.07) is 7.65. The maximum atomic E-state index is 13.8. The Hall–Kier alpha value is -2.15. The molecule has 0 aliphatic carbocycles. The third-order valence-electron chi connectivity index (χ3n) is 2.50. The van der Waals surface area contributed by atoms with Crippen molar-refractivity contribution in [2.75, 3.05) is 0 Å². The summed E-state index contributed by atoms with van der Waals surface area (Å²) in [6.07, 6.45) is 1.64. The molecule has 2 aromatic rings. The molecule has 1 heterocycles. The van der Waals surface area contributed by atoms with Crippen molar-refractivity contribution in [3.63, 3.8) is 0 Å². The van der Waals surface area contributed by atoms with E-state index in [1.54, 1.807) is 12.3 Å². The molecule has 0 spiro atoms. The molecule has 20 heavy (non-hydrogen) atoms. The quantitative estimate of drug-likeness (QED) is 0.388. The van der Waals surface area contributed by atoms with Crippen LogP contribution in [-0.4, -0.2) is 16.0 Å². The van der Waals surface area contributed by atoms with Crippen LogP contribution < -0.4 is 10.5 Å². The number of rotatable bonds is 4. The van der Waals surface area contributed by atoms with Crippen LogP contribution in [0, 0.1) is 5.82 Å². The second-order valence-electron chi connectivity index (χ2n) is 3.89. The largest absolute Gasteiger partial charge is 0.484 e. The molecule has 0 saturated heterocycles. The molecule has 0 amide bonds. The number of benzene rings is 1. The highest BCUT2D eigenvalue weighted by molar-refractivity contribution is 9.10. The SMILES string of the molecule is N/C(=N/O)c1ccc(OCc2ccc(Br)cn2)c(F)c1. The van der Waals surface area contributed by atoms with Crippen LogP contribution >= 0.6 is 15.9 Å². The molecule has 2 rings (SSSR count). The molecule has 0 unspecified atom stereocenters. The van der Waals surface area contributed by atoms with E-state index in [9.17, 15) is 4.39 Å². The monoisotopic (exact) mass is 339 g/mol.